The van der Waals surface area contributed by atoms with E-state index in [1.807, 2.05) is 32.0 Å². The number of thioether (sulfide) groups is 1. The lowest BCUT2D eigenvalue weighted by molar-refractivity contribution is -0.460. The maximum Gasteiger partial charge on any atom is 0.327 e. The second kappa shape index (κ2) is 8.19. The lowest BCUT2D eigenvalue weighted by Crippen LogP contribution is -3.00. The summed E-state index contributed by atoms with van der Waals surface area (Å²) >= 11 is 1.55. The van der Waals surface area contributed by atoms with Crippen LogP contribution in [0, 0.1) is 0 Å². The van der Waals surface area contributed by atoms with Crippen molar-refractivity contribution >= 4 is 22.6 Å². The Hall–Kier alpha value is -1.00. The summed E-state index contributed by atoms with van der Waals surface area (Å²) < 4.78 is 0. The quantitative estimate of drug-likeness (QED) is 0.364. The first-order valence-electron chi connectivity index (χ1n) is 4.74. The minimum atomic E-state index is 0. The summed E-state index contributed by atoms with van der Waals surface area (Å²) in [6, 6.07) is 10.2. The molecule has 0 spiro atoms. The third kappa shape index (κ3) is 6.48. The molecule has 1 aromatic carbocycles. The van der Waals surface area contributed by atoms with Gasteiger partial charge in [0.2, 0.25) is 0 Å². The zero-order valence-corrected chi connectivity index (χ0v) is 11.0. The molecule has 3 nitrogen and oxygen atoms in total. The van der Waals surface area contributed by atoms with Gasteiger partial charge in [-0.15, -0.1) is 5.10 Å². The summed E-state index contributed by atoms with van der Waals surface area (Å²) in [6.07, 6.45) is 0. The second-order valence-electron chi connectivity index (χ2n) is 3.31. The zero-order valence-electron chi connectivity index (χ0n) is 9.40. The highest BCUT2D eigenvalue weighted by molar-refractivity contribution is 8.12. The number of nitrogens with zero attached hydrogens (tertiary/aromatic N) is 1. The van der Waals surface area contributed by atoms with Crippen molar-refractivity contribution in [1.82, 2.24) is 0 Å². The highest BCUT2D eigenvalue weighted by atomic mass is 35.5. The lowest BCUT2D eigenvalue weighted by Gasteiger charge is -1.96. The van der Waals surface area contributed by atoms with Gasteiger partial charge >= 0.3 is 5.17 Å². The molecule has 0 aromatic heterocycles. The predicted molar refractivity (Wildman–Crippen MR) is 66.7 cm³/mol. The topological polar surface area (TPSA) is 52.3 Å². The number of benzene rings is 1. The van der Waals surface area contributed by atoms with Crippen molar-refractivity contribution in [2.45, 2.75) is 19.6 Å². The molecule has 16 heavy (non-hydrogen) atoms. The summed E-state index contributed by atoms with van der Waals surface area (Å²) in [5.74, 6) is 0.859. The predicted octanol–water partition coefficient (Wildman–Crippen LogP) is -2.29. The van der Waals surface area contributed by atoms with E-state index in [2.05, 4.69) is 22.3 Å². The number of rotatable bonds is 3. The molecule has 0 saturated heterocycles. The van der Waals surface area contributed by atoms with Gasteiger partial charge in [-0.05, 0) is 31.2 Å². The van der Waals surface area contributed by atoms with E-state index in [0.29, 0.717) is 5.17 Å². The molecule has 0 saturated carbocycles. The van der Waals surface area contributed by atoms with Gasteiger partial charge in [-0.25, -0.2) is 0 Å². The molecule has 1 aromatic rings. The Bertz CT molecular complexity index is 359. The largest absolute Gasteiger partial charge is 1.00 e. The fourth-order valence-corrected chi connectivity index (χ4v) is 1.56. The van der Waals surface area contributed by atoms with Crippen LogP contribution in [0.5, 0.6) is 0 Å². The summed E-state index contributed by atoms with van der Waals surface area (Å²) in [4.78, 5) is 0. The van der Waals surface area contributed by atoms with E-state index in [1.165, 1.54) is 5.56 Å². The number of nitrogens with two attached hydrogens (primary N) is 1. The van der Waals surface area contributed by atoms with Crippen molar-refractivity contribution in [2.24, 2.45) is 10.8 Å². The molecule has 0 aliphatic heterocycles. The lowest BCUT2D eigenvalue weighted by atomic mass is 10.2. The fourth-order valence-electron chi connectivity index (χ4n) is 0.934. The number of hydrogen-bond acceptors (Lipinski definition) is 2. The third-order valence-electron chi connectivity index (χ3n) is 1.63. The highest BCUT2D eigenvalue weighted by Gasteiger charge is 2.00. The molecule has 0 heterocycles. The average Bonchev–Trinajstić information content (AvgIpc) is 2.25. The summed E-state index contributed by atoms with van der Waals surface area (Å²) in [6.45, 7) is 3.84. The van der Waals surface area contributed by atoms with Crippen LogP contribution < -0.4 is 23.2 Å². The molecular weight excluding hydrogens is 242 g/mol. The molecule has 1 rings (SSSR count). The fraction of sp³-hybridized carbons (Fsp3) is 0.273. The summed E-state index contributed by atoms with van der Waals surface area (Å²) in [5, 5.41) is 7.44. The van der Waals surface area contributed by atoms with Gasteiger partial charge in [0.25, 0.3) is 0 Å². The van der Waals surface area contributed by atoms with Crippen LogP contribution in [0.1, 0.15) is 19.4 Å². The molecular formula is C11H16ClN3S. The average molecular weight is 258 g/mol. The van der Waals surface area contributed by atoms with E-state index in [9.17, 15) is 0 Å². The summed E-state index contributed by atoms with van der Waals surface area (Å²) in [7, 11) is 0. The standard InChI is InChI=1S/C11H15N3S.ClH/c1-9(2)13-14-11(12)15-8-10-6-4-3-5-7-10;/h3-7H,8H2,1-2H3,(H2,12,14);1H. The van der Waals surface area contributed by atoms with Gasteiger partial charge in [0, 0.05) is 5.75 Å². The third-order valence-corrected chi connectivity index (χ3v) is 2.51. The van der Waals surface area contributed by atoms with E-state index in [-0.39, 0.29) is 12.4 Å². The monoisotopic (exact) mass is 257 g/mol. The number of amidine groups is 1. The van der Waals surface area contributed by atoms with E-state index >= 15 is 0 Å². The van der Waals surface area contributed by atoms with E-state index < -0.39 is 0 Å². The number of hydrazone groups is 1. The smallest absolute Gasteiger partial charge is 0.327 e. The van der Waals surface area contributed by atoms with Crippen LogP contribution in [0.4, 0.5) is 0 Å². The Morgan fingerprint density at radius 1 is 1.31 bits per heavy atom. The maximum absolute atomic E-state index is 5.73. The normalized spacial score (nSPS) is 10.5. The van der Waals surface area contributed by atoms with Gasteiger partial charge in [0.15, 0.2) is 0 Å². The van der Waals surface area contributed by atoms with Gasteiger partial charge in [0.05, 0.1) is 5.71 Å². The van der Waals surface area contributed by atoms with Gasteiger partial charge in [-0.1, -0.05) is 35.4 Å². The second-order valence-corrected chi connectivity index (χ2v) is 4.33. The van der Waals surface area contributed by atoms with Crippen LogP contribution in [-0.2, 0) is 5.75 Å². The minimum absolute atomic E-state index is 0. The Morgan fingerprint density at radius 3 is 2.50 bits per heavy atom. The van der Waals surface area contributed by atoms with Crippen molar-refractivity contribution in [2.75, 3.05) is 0 Å². The zero-order chi connectivity index (χ0) is 11.1. The minimum Gasteiger partial charge on any atom is -1.00 e. The van der Waals surface area contributed by atoms with Crippen LogP contribution in [0.3, 0.4) is 0 Å². The Morgan fingerprint density at radius 2 is 1.94 bits per heavy atom. The first-order chi connectivity index (χ1) is 7.18. The van der Waals surface area contributed by atoms with Gasteiger partial charge in [-0.2, -0.15) is 0 Å². The first-order valence-corrected chi connectivity index (χ1v) is 5.73. The van der Waals surface area contributed by atoms with Crippen molar-refractivity contribution in [3.63, 3.8) is 0 Å². The van der Waals surface area contributed by atoms with Gasteiger partial charge in [-0.3, -0.25) is 5.73 Å². The van der Waals surface area contributed by atoms with Gasteiger partial charge in [0.1, 0.15) is 0 Å². The molecule has 0 amide bonds. The Kier molecular flexibility index (Phi) is 7.68. The van der Waals surface area contributed by atoms with Crippen LogP contribution in [0.25, 0.3) is 0 Å². The number of halogens is 1. The molecule has 0 radical (unpaired) electrons. The first kappa shape index (κ1) is 15.0. The molecule has 0 bridgehead atoms. The van der Waals surface area contributed by atoms with E-state index in [4.69, 9.17) is 5.73 Å². The highest BCUT2D eigenvalue weighted by Crippen LogP contribution is 2.09. The molecule has 0 aliphatic carbocycles. The van der Waals surface area contributed by atoms with Crippen LogP contribution >= 0.6 is 11.8 Å². The molecule has 88 valence electrons. The maximum atomic E-state index is 5.73. The number of nitrogens with one attached hydrogen (secondary N) is 1. The van der Waals surface area contributed by atoms with Crippen molar-refractivity contribution in [1.29, 1.82) is 0 Å². The number of hydrogen-bond donors (Lipinski definition) is 2. The Balaban J connectivity index is 0.00000225. The van der Waals surface area contributed by atoms with E-state index in [0.717, 1.165) is 11.5 Å². The molecule has 0 fully saturated rings. The molecule has 5 heteroatoms. The SMILES string of the molecule is CC(C)=N/[NH+]=C(\N)SCc1ccccc1.[Cl-]. The Labute approximate surface area is 107 Å². The van der Waals surface area contributed by atoms with Crippen molar-refractivity contribution in [3.05, 3.63) is 35.9 Å². The van der Waals surface area contributed by atoms with E-state index in [1.54, 1.807) is 11.8 Å². The molecule has 0 aliphatic rings. The molecule has 0 atom stereocenters. The summed E-state index contributed by atoms with van der Waals surface area (Å²) in [5.41, 5.74) is 7.94. The molecule has 3 N–H and O–H groups in total. The molecule has 0 unspecified atom stereocenters. The van der Waals surface area contributed by atoms with Gasteiger partial charge < -0.3 is 12.4 Å². The van der Waals surface area contributed by atoms with Crippen LogP contribution in [0.2, 0.25) is 0 Å². The van der Waals surface area contributed by atoms with Crippen molar-refractivity contribution < 1.29 is 17.5 Å². The van der Waals surface area contributed by atoms with Crippen LogP contribution in [-0.4, -0.2) is 10.9 Å². The van der Waals surface area contributed by atoms with Crippen LogP contribution in [0.15, 0.2) is 35.4 Å². The van der Waals surface area contributed by atoms with Crippen molar-refractivity contribution in [3.8, 4) is 0 Å².